The fourth-order valence-electron chi connectivity index (χ4n) is 4.24. The predicted octanol–water partition coefficient (Wildman–Crippen LogP) is 4.33. The second kappa shape index (κ2) is 9.20. The summed E-state index contributed by atoms with van der Waals surface area (Å²) in [5.74, 6) is 0.512. The fraction of sp³-hybridized carbons (Fsp3) is 0.375. The van der Waals surface area contributed by atoms with Gasteiger partial charge in [-0.05, 0) is 44.4 Å². The summed E-state index contributed by atoms with van der Waals surface area (Å²) in [5.41, 5.74) is 1.61. The van der Waals surface area contributed by atoms with E-state index in [0.29, 0.717) is 22.8 Å². The molecular formula is C24H27N3O4. The first-order valence-electron chi connectivity index (χ1n) is 10.7. The molecule has 1 atom stereocenters. The van der Waals surface area contributed by atoms with Gasteiger partial charge in [0, 0.05) is 6.04 Å². The molecular weight excluding hydrogens is 394 g/mol. The van der Waals surface area contributed by atoms with Crippen LogP contribution in [0, 0.1) is 13.8 Å². The highest BCUT2D eigenvalue weighted by atomic mass is 16.5. The number of nitrogens with zero attached hydrogens (tertiary/aromatic N) is 2. The minimum atomic E-state index is -0.812. The second-order valence-corrected chi connectivity index (χ2v) is 8.01. The van der Waals surface area contributed by atoms with E-state index in [1.54, 1.807) is 37.1 Å². The van der Waals surface area contributed by atoms with Gasteiger partial charge in [-0.3, -0.25) is 9.59 Å². The van der Waals surface area contributed by atoms with Crippen LogP contribution in [0.2, 0.25) is 0 Å². The highest BCUT2D eigenvalue weighted by Gasteiger charge is 2.36. The Bertz CT molecular complexity index is 1000. The van der Waals surface area contributed by atoms with Crippen LogP contribution in [-0.4, -0.2) is 27.9 Å². The summed E-state index contributed by atoms with van der Waals surface area (Å²) in [7, 11) is 0. The third-order valence-corrected chi connectivity index (χ3v) is 5.79. The zero-order valence-electron chi connectivity index (χ0n) is 17.8. The Balaban J connectivity index is 1.75. The molecule has 2 aromatic heterocycles. The summed E-state index contributed by atoms with van der Waals surface area (Å²) in [6, 6.07) is 12.3. The predicted molar refractivity (Wildman–Crippen MR) is 114 cm³/mol. The standard InChI is InChI=1S/C24H27N3O4/c1-16-21(17(2)31-26-16)24(29)27(15-20-13-8-14-30-20)22(18-9-4-3-5-10-18)23(28)25-19-11-6-7-12-19/h3-5,8-10,13-14,19,22H,6-7,11-12,15H2,1-2H3,(H,25,28). The van der Waals surface area contributed by atoms with Crippen molar-refractivity contribution in [3.05, 3.63) is 77.1 Å². The third kappa shape index (κ3) is 4.55. The van der Waals surface area contributed by atoms with Crippen molar-refractivity contribution in [2.75, 3.05) is 0 Å². The number of carbonyl (C=O) groups is 2. The number of hydrogen-bond donors (Lipinski definition) is 1. The van der Waals surface area contributed by atoms with Crippen LogP contribution in [0.25, 0.3) is 0 Å². The summed E-state index contributed by atoms with van der Waals surface area (Å²) < 4.78 is 10.8. The zero-order valence-corrected chi connectivity index (χ0v) is 17.8. The Kier molecular flexibility index (Phi) is 6.21. The molecule has 2 amide bonds. The molecule has 0 saturated heterocycles. The number of aromatic nitrogens is 1. The lowest BCUT2D eigenvalue weighted by Crippen LogP contribution is -2.46. The lowest BCUT2D eigenvalue weighted by atomic mass is 10.0. The van der Waals surface area contributed by atoms with E-state index >= 15 is 0 Å². The molecule has 1 unspecified atom stereocenters. The Hall–Kier alpha value is -3.35. The molecule has 7 nitrogen and oxygen atoms in total. The van der Waals surface area contributed by atoms with Crippen LogP contribution in [-0.2, 0) is 11.3 Å². The summed E-state index contributed by atoms with van der Waals surface area (Å²) in [6.07, 6.45) is 5.70. The van der Waals surface area contributed by atoms with Gasteiger partial charge in [0.15, 0.2) is 0 Å². The van der Waals surface area contributed by atoms with Crippen LogP contribution >= 0.6 is 0 Å². The topological polar surface area (TPSA) is 88.6 Å². The Morgan fingerprint density at radius 3 is 2.48 bits per heavy atom. The molecule has 1 saturated carbocycles. The van der Waals surface area contributed by atoms with Gasteiger partial charge in [-0.15, -0.1) is 0 Å². The van der Waals surface area contributed by atoms with E-state index in [4.69, 9.17) is 8.94 Å². The molecule has 1 N–H and O–H groups in total. The second-order valence-electron chi connectivity index (χ2n) is 8.01. The quantitative estimate of drug-likeness (QED) is 0.613. The molecule has 0 radical (unpaired) electrons. The maximum atomic E-state index is 13.7. The van der Waals surface area contributed by atoms with Crippen molar-refractivity contribution >= 4 is 11.8 Å². The van der Waals surface area contributed by atoms with Gasteiger partial charge in [0.05, 0.1) is 18.5 Å². The van der Waals surface area contributed by atoms with Gasteiger partial charge in [0.25, 0.3) is 5.91 Å². The molecule has 4 rings (SSSR count). The van der Waals surface area contributed by atoms with Gasteiger partial charge in [-0.2, -0.15) is 0 Å². The van der Waals surface area contributed by atoms with E-state index in [1.807, 2.05) is 30.3 Å². The van der Waals surface area contributed by atoms with Crippen LogP contribution in [0.5, 0.6) is 0 Å². The van der Waals surface area contributed by atoms with Crippen LogP contribution in [0.4, 0.5) is 0 Å². The number of rotatable bonds is 7. The SMILES string of the molecule is Cc1noc(C)c1C(=O)N(Cc1ccco1)C(C(=O)NC1CCCC1)c1ccccc1. The monoisotopic (exact) mass is 421 g/mol. The van der Waals surface area contributed by atoms with Crippen molar-refractivity contribution in [3.63, 3.8) is 0 Å². The van der Waals surface area contributed by atoms with Gasteiger partial charge >= 0.3 is 0 Å². The first-order chi connectivity index (χ1) is 15.0. The number of nitrogens with one attached hydrogen (secondary N) is 1. The molecule has 1 aliphatic rings. The van der Waals surface area contributed by atoms with E-state index in [1.165, 1.54) is 0 Å². The number of furan rings is 1. The van der Waals surface area contributed by atoms with Gasteiger partial charge in [-0.25, -0.2) is 0 Å². The first-order valence-corrected chi connectivity index (χ1v) is 10.7. The number of carbonyl (C=O) groups excluding carboxylic acids is 2. The zero-order chi connectivity index (χ0) is 21.8. The molecule has 2 heterocycles. The Morgan fingerprint density at radius 2 is 1.87 bits per heavy atom. The van der Waals surface area contributed by atoms with Crippen molar-refractivity contribution < 1.29 is 18.5 Å². The molecule has 162 valence electrons. The number of amides is 2. The molecule has 7 heteroatoms. The first kappa shape index (κ1) is 20.9. The largest absolute Gasteiger partial charge is 0.467 e. The molecule has 0 spiro atoms. The smallest absolute Gasteiger partial charge is 0.260 e. The minimum Gasteiger partial charge on any atom is -0.467 e. The number of benzene rings is 1. The number of aryl methyl sites for hydroxylation is 2. The lowest BCUT2D eigenvalue weighted by Gasteiger charge is -2.31. The highest BCUT2D eigenvalue weighted by Crippen LogP contribution is 2.29. The van der Waals surface area contributed by atoms with Crippen molar-refractivity contribution in [1.82, 2.24) is 15.4 Å². The summed E-state index contributed by atoms with van der Waals surface area (Å²) in [4.78, 5) is 28.8. The van der Waals surface area contributed by atoms with E-state index < -0.39 is 6.04 Å². The molecule has 1 aliphatic carbocycles. The average molecular weight is 421 g/mol. The molecule has 0 bridgehead atoms. The average Bonchev–Trinajstić information content (AvgIpc) is 3.52. The molecule has 3 aromatic rings. The summed E-state index contributed by atoms with van der Waals surface area (Å²) in [6.45, 7) is 3.58. The normalized spacial score (nSPS) is 15.0. The van der Waals surface area contributed by atoms with Gasteiger partial charge in [0.1, 0.15) is 23.1 Å². The van der Waals surface area contributed by atoms with Crippen LogP contribution in [0.3, 0.4) is 0 Å². The van der Waals surface area contributed by atoms with Gasteiger partial charge in [0.2, 0.25) is 5.91 Å². The van der Waals surface area contributed by atoms with Crippen LogP contribution < -0.4 is 5.32 Å². The van der Waals surface area contributed by atoms with Crippen molar-refractivity contribution in [1.29, 1.82) is 0 Å². The van der Waals surface area contributed by atoms with Crippen LogP contribution in [0.15, 0.2) is 57.7 Å². The lowest BCUT2D eigenvalue weighted by molar-refractivity contribution is -0.126. The molecule has 1 fully saturated rings. The van der Waals surface area contributed by atoms with Crippen molar-refractivity contribution in [3.8, 4) is 0 Å². The van der Waals surface area contributed by atoms with Crippen molar-refractivity contribution in [2.24, 2.45) is 0 Å². The van der Waals surface area contributed by atoms with E-state index in [0.717, 1.165) is 31.2 Å². The van der Waals surface area contributed by atoms with Crippen molar-refractivity contribution in [2.45, 2.75) is 58.2 Å². The maximum absolute atomic E-state index is 13.7. The minimum absolute atomic E-state index is 0.137. The third-order valence-electron chi connectivity index (χ3n) is 5.79. The molecule has 1 aromatic carbocycles. The van der Waals surface area contributed by atoms with Gasteiger partial charge < -0.3 is 19.2 Å². The Morgan fingerprint density at radius 1 is 1.13 bits per heavy atom. The molecule has 0 aliphatic heterocycles. The summed E-state index contributed by atoms with van der Waals surface area (Å²) in [5, 5.41) is 7.09. The van der Waals surface area contributed by atoms with E-state index in [-0.39, 0.29) is 24.4 Å². The van der Waals surface area contributed by atoms with Gasteiger partial charge in [-0.1, -0.05) is 48.3 Å². The Labute approximate surface area is 181 Å². The van der Waals surface area contributed by atoms with E-state index in [9.17, 15) is 9.59 Å². The summed E-state index contributed by atoms with van der Waals surface area (Å²) >= 11 is 0. The highest BCUT2D eigenvalue weighted by molar-refractivity contribution is 5.99. The maximum Gasteiger partial charge on any atom is 0.260 e. The van der Waals surface area contributed by atoms with Crippen LogP contribution in [0.1, 0.15) is 64.9 Å². The van der Waals surface area contributed by atoms with E-state index in [2.05, 4.69) is 10.5 Å². The molecule has 31 heavy (non-hydrogen) atoms. The fourth-order valence-corrected chi connectivity index (χ4v) is 4.24. The number of hydrogen-bond acceptors (Lipinski definition) is 5.